The minimum Gasteiger partial charge on any atom is -0.459 e. The van der Waals surface area contributed by atoms with E-state index in [0.717, 1.165) is 5.01 Å². The number of carbonyl (C=O) groups is 2. The zero-order valence-corrected chi connectivity index (χ0v) is 14.9. The van der Waals surface area contributed by atoms with Crippen LogP contribution < -0.4 is 10.9 Å². The molecule has 136 valence electrons. The van der Waals surface area contributed by atoms with Gasteiger partial charge in [0.2, 0.25) is 4.96 Å². The lowest BCUT2D eigenvalue weighted by Gasteiger charge is -2.12. The lowest BCUT2D eigenvalue weighted by molar-refractivity contribution is -0.146. The van der Waals surface area contributed by atoms with Gasteiger partial charge in [-0.2, -0.15) is 9.61 Å². The number of furan rings is 1. The first-order valence-corrected chi connectivity index (χ1v) is 8.69. The van der Waals surface area contributed by atoms with Crippen LogP contribution in [0.1, 0.15) is 35.1 Å². The fourth-order valence-corrected chi connectivity index (χ4v) is 2.97. The Bertz CT molecular complexity index is 992. The topological polar surface area (TPSA) is 116 Å². The van der Waals surface area contributed by atoms with E-state index in [2.05, 4.69) is 15.4 Å². The summed E-state index contributed by atoms with van der Waals surface area (Å²) < 4.78 is 11.3. The van der Waals surface area contributed by atoms with Gasteiger partial charge in [0.25, 0.3) is 11.5 Å². The van der Waals surface area contributed by atoms with Crippen molar-refractivity contribution in [1.82, 2.24) is 19.9 Å². The molecule has 0 aliphatic carbocycles. The number of rotatable bonds is 6. The summed E-state index contributed by atoms with van der Waals surface area (Å²) >= 11 is 1.31. The normalized spacial score (nSPS) is 12.1. The zero-order valence-electron chi connectivity index (χ0n) is 14.1. The second-order valence-electron chi connectivity index (χ2n) is 5.41. The molecule has 3 heterocycles. The van der Waals surface area contributed by atoms with Gasteiger partial charge in [-0.3, -0.25) is 9.59 Å². The number of esters is 1. The van der Waals surface area contributed by atoms with Crippen LogP contribution in [0.4, 0.5) is 0 Å². The van der Waals surface area contributed by atoms with Gasteiger partial charge in [-0.25, -0.2) is 9.78 Å². The Morgan fingerprint density at radius 3 is 2.96 bits per heavy atom. The van der Waals surface area contributed by atoms with E-state index < -0.39 is 17.9 Å². The highest BCUT2D eigenvalue weighted by Crippen LogP contribution is 2.12. The fraction of sp³-hybridized carbons (Fsp3) is 0.312. The van der Waals surface area contributed by atoms with Crippen molar-refractivity contribution in [1.29, 1.82) is 0 Å². The maximum Gasteiger partial charge on any atom is 0.328 e. The van der Waals surface area contributed by atoms with Gasteiger partial charge in [0.15, 0.2) is 5.76 Å². The molecule has 26 heavy (non-hydrogen) atoms. The Balaban J connectivity index is 1.62. The van der Waals surface area contributed by atoms with Crippen molar-refractivity contribution in [3.8, 4) is 0 Å². The third-order valence-corrected chi connectivity index (χ3v) is 4.50. The number of aromatic nitrogens is 3. The smallest absolute Gasteiger partial charge is 0.328 e. The third kappa shape index (κ3) is 3.80. The van der Waals surface area contributed by atoms with Gasteiger partial charge in [-0.15, -0.1) is 0 Å². The van der Waals surface area contributed by atoms with Crippen LogP contribution in [0.15, 0.2) is 33.7 Å². The number of aryl methyl sites for hydroxylation is 1. The standard InChI is InChI=1S/C16H16N4O5S/c1-3-12-19-20-13(21)7-10(18-16(20)26-12)8-25-15(23)9(2)17-14(22)11-5-4-6-24-11/h4-7,9H,3,8H2,1-2H3,(H,17,22)/t9-/m0/s1. The number of ether oxygens (including phenoxy) is 1. The maximum atomic E-state index is 12.0. The predicted molar refractivity (Wildman–Crippen MR) is 91.9 cm³/mol. The molecule has 1 amide bonds. The molecule has 3 rings (SSSR count). The van der Waals surface area contributed by atoms with Crippen LogP contribution in [-0.4, -0.2) is 32.5 Å². The van der Waals surface area contributed by atoms with Crippen LogP contribution in [0.2, 0.25) is 0 Å². The van der Waals surface area contributed by atoms with Crippen LogP contribution >= 0.6 is 11.3 Å². The molecule has 3 aromatic heterocycles. The van der Waals surface area contributed by atoms with E-state index in [1.54, 1.807) is 6.07 Å². The highest BCUT2D eigenvalue weighted by molar-refractivity contribution is 7.16. The summed E-state index contributed by atoms with van der Waals surface area (Å²) in [7, 11) is 0. The predicted octanol–water partition coefficient (Wildman–Crippen LogP) is 1.17. The molecule has 1 N–H and O–H groups in total. The lowest BCUT2D eigenvalue weighted by Crippen LogP contribution is -2.39. The molecule has 10 heteroatoms. The van der Waals surface area contributed by atoms with E-state index >= 15 is 0 Å². The van der Waals surface area contributed by atoms with Crippen LogP contribution in [-0.2, 0) is 22.6 Å². The second-order valence-corrected chi connectivity index (χ2v) is 6.45. The number of carbonyl (C=O) groups excluding carboxylic acids is 2. The van der Waals surface area contributed by atoms with Gasteiger partial charge < -0.3 is 14.5 Å². The molecule has 0 aliphatic rings. The van der Waals surface area contributed by atoms with Gasteiger partial charge in [-0.05, 0) is 25.5 Å². The monoisotopic (exact) mass is 376 g/mol. The Labute approximate surface area is 151 Å². The zero-order chi connectivity index (χ0) is 18.7. The minimum absolute atomic E-state index is 0.0988. The summed E-state index contributed by atoms with van der Waals surface area (Å²) in [5, 5.41) is 7.41. The number of amides is 1. The second kappa shape index (κ2) is 7.48. The average Bonchev–Trinajstić information content (AvgIpc) is 3.29. The van der Waals surface area contributed by atoms with E-state index in [1.807, 2.05) is 6.92 Å². The quantitative estimate of drug-likeness (QED) is 0.642. The summed E-state index contributed by atoms with van der Waals surface area (Å²) in [5.74, 6) is -1.07. The van der Waals surface area contributed by atoms with E-state index in [1.165, 1.54) is 41.2 Å². The maximum absolute atomic E-state index is 12.0. The summed E-state index contributed by atoms with van der Waals surface area (Å²) in [6.45, 7) is 3.25. The molecule has 9 nitrogen and oxygen atoms in total. The molecule has 0 spiro atoms. The van der Waals surface area contributed by atoms with Gasteiger partial charge in [0.05, 0.1) is 12.0 Å². The molecule has 0 unspecified atom stereocenters. The summed E-state index contributed by atoms with van der Waals surface area (Å²) in [6, 6.07) is 3.44. The largest absolute Gasteiger partial charge is 0.459 e. The number of hydrogen-bond acceptors (Lipinski definition) is 8. The minimum atomic E-state index is -0.882. The summed E-state index contributed by atoms with van der Waals surface area (Å²) in [6.07, 6.45) is 2.06. The molecule has 0 bridgehead atoms. The van der Waals surface area contributed by atoms with Crippen molar-refractivity contribution in [3.05, 3.63) is 51.3 Å². The average molecular weight is 376 g/mol. The van der Waals surface area contributed by atoms with Crippen LogP contribution in [0.5, 0.6) is 0 Å². The molecule has 3 aromatic rings. The van der Waals surface area contributed by atoms with E-state index in [9.17, 15) is 14.4 Å². The van der Waals surface area contributed by atoms with Crippen molar-refractivity contribution in [2.75, 3.05) is 0 Å². The molecule has 0 saturated carbocycles. The fourth-order valence-electron chi connectivity index (χ4n) is 2.12. The summed E-state index contributed by atoms with van der Waals surface area (Å²) in [5.41, 5.74) is -0.0182. The highest BCUT2D eigenvalue weighted by atomic mass is 32.1. The lowest BCUT2D eigenvalue weighted by atomic mass is 10.3. The van der Waals surface area contributed by atoms with Crippen molar-refractivity contribution >= 4 is 28.2 Å². The Hall–Kier alpha value is -3.01. The molecule has 0 fully saturated rings. The molecular weight excluding hydrogens is 360 g/mol. The molecule has 0 radical (unpaired) electrons. The first-order chi connectivity index (χ1) is 12.5. The molecule has 0 aromatic carbocycles. The van der Waals surface area contributed by atoms with Crippen molar-refractivity contribution in [2.24, 2.45) is 0 Å². The molecule has 0 saturated heterocycles. The first-order valence-electron chi connectivity index (χ1n) is 7.87. The van der Waals surface area contributed by atoms with E-state index in [-0.39, 0.29) is 17.9 Å². The third-order valence-electron chi connectivity index (χ3n) is 3.45. The van der Waals surface area contributed by atoms with Crippen LogP contribution in [0.3, 0.4) is 0 Å². The van der Waals surface area contributed by atoms with Crippen molar-refractivity contribution in [3.63, 3.8) is 0 Å². The Kier molecular flexibility index (Phi) is 5.12. The van der Waals surface area contributed by atoms with E-state index in [4.69, 9.17) is 9.15 Å². The van der Waals surface area contributed by atoms with E-state index in [0.29, 0.717) is 17.1 Å². The van der Waals surface area contributed by atoms with Crippen molar-refractivity contribution < 1.29 is 18.7 Å². The van der Waals surface area contributed by atoms with Gasteiger partial charge in [0.1, 0.15) is 17.7 Å². The molecule has 0 aliphatic heterocycles. The first kappa shape index (κ1) is 17.8. The van der Waals surface area contributed by atoms with Gasteiger partial charge in [0, 0.05) is 6.07 Å². The number of nitrogens with one attached hydrogen (secondary N) is 1. The van der Waals surface area contributed by atoms with Crippen LogP contribution in [0, 0.1) is 0 Å². The SMILES string of the molecule is CCc1nn2c(=O)cc(COC(=O)[C@H](C)NC(=O)c3ccco3)nc2s1. The number of hydrogen-bond donors (Lipinski definition) is 1. The van der Waals surface area contributed by atoms with Gasteiger partial charge >= 0.3 is 5.97 Å². The summed E-state index contributed by atoms with van der Waals surface area (Å²) in [4.78, 5) is 40.6. The van der Waals surface area contributed by atoms with Crippen LogP contribution in [0.25, 0.3) is 4.96 Å². The Morgan fingerprint density at radius 2 is 2.27 bits per heavy atom. The molecular formula is C16H16N4O5S. The Morgan fingerprint density at radius 1 is 1.46 bits per heavy atom. The number of fused-ring (bicyclic) bond motifs is 1. The number of nitrogens with zero attached hydrogens (tertiary/aromatic N) is 3. The molecule has 1 atom stereocenters. The van der Waals surface area contributed by atoms with Gasteiger partial charge in [-0.1, -0.05) is 18.3 Å². The van der Waals surface area contributed by atoms with Crippen molar-refractivity contribution in [2.45, 2.75) is 32.9 Å². The highest BCUT2D eigenvalue weighted by Gasteiger charge is 2.20.